The Morgan fingerprint density at radius 3 is 2.40 bits per heavy atom. The topological polar surface area (TPSA) is 49.3 Å². The number of aliphatic hydroxyl groups excluding tert-OH is 1. The number of carbonyl (C=O) groups excluding carboxylic acids is 1. The van der Waals surface area contributed by atoms with Crippen LogP contribution >= 0.6 is 0 Å². The number of carbonyl (C=O) groups is 1. The molecule has 3 heteroatoms. The molecule has 0 atom stereocenters. The van der Waals surface area contributed by atoms with E-state index in [-0.39, 0.29) is 17.8 Å². The van der Waals surface area contributed by atoms with E-state index in [1.807, 2.05) is 31.2 Å². The molecule has 3 nitrogen and oxygen atoms in total. The van der Waals surface area contributed by atoms with Gasteiger partial charge >= 0.3 is 0 Å². The van der Waals surface area contributed by atoms with Gasteiger partial charge in [0, 0.05) is 29.6 Å². The molecule has 2 N–H and O–H groups in total. The first-order valence-corrected chi connectivity index (χ1v) is 7.67. The minimum atomic E-state index is 0.0379. The average Bonchev–Trinajstić information content (AvgIpc) is 2.53. The number of aliphatic hydroxyl groups is 1. The predicted octanol–water partition coefficient (Wildman–Crippen LogP) is 3.63. The van der Waals surface area contributed by atoms with Crippen molar-refractivity contribution >= 4 is 11.5 Å². The third kappa shape index (κ3) is 3.60. The largest absolute Gasteiger partial charge is 0.396 e. The van der Waals surface area contributed by atoms with Gasteiger partial charge in [0.15, 0.2) is 5.78 Å². The Hall–Kier alpha value is -1.35. The number of hydrogen-bond acceptors (Lipinski definition) is 3. The summed E-state index contributed by atoms with van der Waals surface area (Å²) in [6.45, 7) is 2.94. The van der Waals surface area contributed by atoms with Crippen LogP contribution in [0.5, 0.6) is 0 Å². The molecule has 0 spiro atoms. The molecule has 0 heterocycles. The van der Waals surface area contributed by atoms with E-state index in [1.54, 1.807) is 0 Å². The first kappa shape index (κ1) is 15.0. The second-order valence-electron chi connectivity index (χ2n) is 5.93. The minimum absolute atomic E-state index is 0.0379. The van der Waals surface area contributed by atoms with Crippen molar-refractivity contribution in [3.8, 4) is 0 Å². The molecule has 1 aliphatic carbocycles. The molecule has 1 aromatic rings. The van der Waals surface area contributed by atoms with Crippen molar-refractivity contribution in [2.75, 3.05) is 18.5 Å². The Kier molecular flexibility index (Phi) is 5.18. The SMILES string of the molecule is CCC(=O)c1ccc(NCC2(CO)CCCCC2)cc1. The highest BCUT2D eigenvalue weighted by Gasteiger charge is 2.30. The Labute approximate surface area is 121 Å². The van der Waals surface area contributed by atoms with Crippen LogP contribution in [0.1, 0.15) is 55.8 Å². The van der Waals surface area contributed by atoms with E-state index in [4.69, 9.17) is 0 Å². The van der Waals surface area contributed by atoms with E-state index in [0.29, 0.717) is 6.42 Å². The molecular formula is C17H25NO2. The van der Waals surface area contributed by atoms with Crippen LogP contribution in [-0.2, 0) is 0 Å². The highest BCUT2D eigenvalue weighted by Crippen LogP contribution is 2.36. The van der Waals surface area contributed by atoms with Gasteiger partial charge in [-0.25, -0.2) is 0 Å². The predicted molar refractivity (Wildman–Crippen MR) is 82.2 cm³/mol. The van der Waals surface area contributed by atoms with E-state index in [2.05, 4.69) is 5.32 Å². The molecule has 1 aromatic carbocycles. The normalized spacial score (nSPS) is 17.7. The molecule has 0 bridgehead atoms. The molecule has 0 aliphatic heterocycles. The Morgan fingerprint density at radius 2 is 1.85 bits per heavy atom. The van der Waals surface area contributed by atoms with Crippen molar-refractivity contribution in [3.63, 3.8) is 0 Å². The zero-order valence-corrected chi connectivity index (χ0v) is 12.3. The second kappa shape index (κ2) is 6.89. The van der Waals surface area contributed by atoms with E-state index in [1.165, 1.54) is 19.3 Å². The third-order valence-electron chi connectivity index (χ3n) is 4.45. The standard InChI is InChI=1S/C17H25NO2/c1-2-16(20)14-6-8-15(9-7-14)18-12-17(13-19)10-4-3-5-11-17/h6-9,18-19H,2-5,10-13H2,1H3. The highest BCUT2D eigenvalue weighted by molar-refractivity contribution is 5.96. The van der Waals surface area contributed by atoms with Crippen LogP contribution in [0.3, 0.4) is 0 Å². The molecule has 0 aromatic heterocycles. The fourth-order valence-corrected chi connectivity index (χ4v) is 2.96. The van der Waals surface area contributed by atoms with Crippen molar-refractivity contribution in [1.29, 1.82) is 0 Å². The zero-order chi connectivity index (χ0) is 14.4. The molecule has 1 saturated carbocycles. The van der Waals surface area contributed by atoms with Crippen LogP contribution in [0.4, 0.5) is 5.69 Å². The maximum atomic E-state index is 11.6. The number of nitrogens with one attached hydrogen (secondary N) is 1. The summed E-state index contributed by atoms with van der Waals surface area (Å²) in [6, 6.07) is 7.66. The lowest BCUT2D eigenvalue weighted by Gasteiger charge is -2.36. The summed E-state index contributed by atoms with van der Waals surface area (Å²) in [6.07, 6.45) is 6.46. The molecule has 0 radical (unpaired) electrons. The fraction of sp³-hybridized carbons (Fsp3) is 0.588. The summed E-state index contributed by atoms with van der Waals surface area (Å²) in [5, 5.41) is 13.1. The number of Topliss-reactive ketones (excluding diaryl/α,β-unsaturated/α-hetero) is 1. The Balaban J connectivity index is 1.94. The van der Waals surface area contributed by atoms with Crippen molar-refractivity contribution in [3.05, 3.63) is 29.8 Å². The minimum Gasteiger partial charge on any atom is -0.396 e. The van der Waals surface area contributed by atoms with Gasteiger partial charge in [0.2, 0.25) is 0 Å². The van der Waals surface area contributed by atoms with E-state index in [0.717, 1.165) is 30.6 Å². The van der Waals surface area contributed by atoms with Crippen LogP contribution in [-0.4, -0.2) is 24.0 Å². The van der Waals surface area contributed by atoms with Crippen LogP contribution in [0.25, 0.3) is 0 Å². The summed E-state index contributed by atoms with van der Waals surface area (Å²) in [7, 11) is 0. The average molecular weight is 275 g/mol. The Bertz CT molecular complexity index is 433. The molecule has 110 valence electrons. The molecule has 0 amide bonds. The van der Waals surface area contributed by atoms with Crippen LogP contribution in [0.2, 0.25) is 0 Å². The van der Waals surface area contributed by atoms with E-state index >= 15 is 0 Å². The van der Waals surface area contributed by atoms with Crippen LogP contribution in [0, 0.1) is 5.41 Å². The monoisotopic (exact) mass is 275 g/mol. The van der Waals surface area contributed by atoms with Crippen molar-refractivity contribution < 1.29 is 9.90 Å². The van der Waals surface area contributed by atoms with Crippen molar-refractivity contribution in [2.45, 2.75) is 45.4 Å². The molecule has 20 heavy (non-hydrogen) atoms. The van der Waals surface area contributed by atoms with Crippen LogP contribution < -0.4 is 5.32 Å². The lowest BCUT2D eigenvalue weighted by Crippen LogP contribution is -2.35. The fourth-order valence-electron chi connectivity index (χ4n) is 2.96. The number of rotatable bonds is 6. The Morgan fingerprint density at radius 1 is 1.20 bits per heavy atom. The number of ketones is 1. The lowest BCUT2D eigenvalue weighted by molar-refractivity contribution is 0.0944. The molecular weight excluding hydrogens is 250 g/mol. The quantitative estimate of drug-likeness (QED) is 0.779. The first-order chi connectivity index (χ1) is 9.69. The van der Waals surface area contributed by atoms with Gasteiger partial charge in [-0.2, -0.15) is 0 Å². The summed E-state index contributed by atoms with van der Waals surface area (Å²) in [5.41, 5.74) is 1.83. The summed E-state index contributed by atoms with van der Waals surface area (Å²) in [5.74, 6) is 0.177. The summed E-state index contributed by atoms with van der Waals surface area (Å²) < 4.78 is 0. The number of benzene rings is 1. The summed E-state index contributed by atoms with van der Waals surface area (Å²) in [4.78, 5) is 11.6. The molecule has 0 saturated heterocycles. The van der Waals surface area contributed by atoms with Gasteiger partial charge in [0.05, 0.1) is 6.61 Å². The number of hydrogen-bond donors (Lipinski definition) is 2. The molecule has 1 fully saturated rings. The van der Waals surface area contributed by atoms with Crippen LogP contribution in [0.15, 0.2) is 24.3 Å². The van der Waals surface area contributed by atoms with Gasteiger partial charge in [-0.3, -0.25) is 4.79 Å². The van der Waals surface area contributed by atoms with Crippen molar-refractivity contribution in [2.24, 2.45) is 5.41 Å². The van der Waals surface area contributed by atoms with Gasteiger partial charge in [-0.05, 0) is 37.1 Å². The molecule has 0 unspecified atom stereocenters. The molecule has 1 aliphatic rings. The lowest BCUT2D eigenvalue weighted by atomic mass is 9.74. The highest BCUT2D eigenvalue weighted by atomic mass is 16.3. The summed E-state index contributed by atoms with van der Waals surface area (Å²) >= 11 is 0. The smallest absolute Gasteiger partial charge is 0.162 e. The first-order valence-electron chi connectivity index (χ1n) is 7.67. The van der Waals surface area contributed by atoms with Gasteiger partial charge < -0.3 is 10.4 Å². The maximum Gasteiger partial charge on any atom is 0.162 e. The van der Waals surface area contributed by atoms with Gasteiger partial charge in [-0.1, -0.05) is 26.2 Å². The third-order valence-corrected chi connectivity index (χ3v) is 4.45. The van der Waals surface area contributed by atoms with Gasteiger partial charge in [-0.15, -0.1) is 0 Å². The van der Waals surface area contributed by atoms with Gasteiger partial charge in [0.25, 0.3) is 0 Å². The second-order valence-corrected chi connectivity index (χ2v) is 5.93. The van der Waals surface area contributed by atoms with E-state index in [9.17, 15) is 9.90 Å². The van der Waals surface area contributed by atoms with Gasteiger partial charge in [0.1, 0.15) is 0 Å². The molecule has 2 rings (SSSR count). The zero-order valence-electron chi connectivity index (χ0n) is 12.3. The van der Waals surface area contributed by atoms with E-state index < -0.39 is 0 Å². The maximum absolute atomic E-state index is 11.6. The number of anilines is 1. The van der Waals surface area contributed by atoms with Crippen molar-refractivity contribution in [1.82, 2.24) is 0 Å².